The Balaban J connectivity index is 1.86. The van der Waals surface area contributed by atoms with Gasteiger partial charge in [0.15, 0.2) is 0 Å². The molecule has 0 fully saturated rings. The third-order valence-electron chi connectivity index (χ3n) is 5.16. The monoisotopic (exact) mass is 404 g/mol. The Morgan fingerprint density at radius 3 is 2.40 bits per heavy atom. The number of ether oxygens (including phenoxy) is 1. The number of methoxy groups -OCH3 is 1. The third kappa shape index (κ3) is 3.59. The summed E-state index contributed by atoms with van der Waals surface area (Å²) in [5.74, 6) is 0.593. The van der Waals surface area contributed by atoms with Crippen LogP contribution in [0.2, 0.25) is 0 Å². The molecule has 4 aromatic rings. The van der Waals surface area contributed by atoms with Crippen LogP contribution in [0.5, 0.6) is 5.75 Å². The number of aromatic nitrogens is 3. The van der Waals surface area contributed by atoms with Crippen molar-refractivity contribution in [1.82, 2.24) is 19.0 Å². The van der Waals surface area contributed by atoms with E-state index in [1.54, 1.807) is 42.3 Å². The van der Waals surface area contributed by atoms with Crippen molar-refractivity contribution in [3.05, 3.63) is 75.6 Å². The highest BCUT2D eigenvalue weighted by atomic mass is 16.5. The summed E-state index contributed by atoms with van der Waals surface area (Å²) in [6, 6.07) is 12.6. The first-order valence-corrected chi connectivity index (χ1v) is 9.83. The van der Waals surface area contributed by atoms with Crippen molar-refractivity contribution in [2.75, 3.05) is 27.7 Å². The van der Waals surface area contributed by atoms with Crippen molar-refractivity contribution in [2.24, 2.45) is 0 Å². The average Bonchev–Trinajstić information content (AvgIpc) is 2.75. The molecule has 0 atom stereocenters. The highest BCUT2D eigenvalue weighted by molar-refractivity contribution is 5.91. The Bertz CT molecular complexity index is 1340. The summed E-state index contributed by atoms with van der Waals surface area (Å²) in [6.45, 7) is 1.51. The van der Waals surface area contributed by atoms with Crippen molar-refractivity contribution in [3.63, 3.8) is 0 Å². The standard InChI is InChI=1S/C23H24N4O3/c1-25(2)11-6-12-26-13-9-18-16(22(26)28)15-17-19(24-18)10-14-27(23(17)29)20-7-4-5-8-21(20)30-3/h4-5,7-10,13-15H,6,11-12H2,1-3H3. The third-order valence-corrected chi connectivity index (χ3v) is 5.16. The number of pyridine rings is 3. The van der Waals surface area contributed by atoms with Gasteiger partial charge in [0, 0.05) is 18.9 Å². The van der Waals surface area contributed by atoms with E-state index in [1.807, 2.05) is 38.4 Å². The van der Waals surface area contributed by atoms with Crippen molar-refractivity contribution < 1.29 is 4.74 Å². The van der Waals surface area contributed by atoms with Crippen LogP contribution in [0.15, 0.2) is 64.4 Å². The maximum Gasteiger partial charge on any atom is 0.264 e. The molecular formula is C23H24N4O3. The maximum atomic E-state index is 13.2. The summed E-state index contributed by atoms with van der Waals surface area (Å²) in [5.41, 5.74) is 1.41. The normalized spacial score (nSPS) is 11.5. The lowest BCUT2D eigenvalue weighted by atomic mass is 10.1. The fourth-order valence-corrected chi connectivity index (χ4v) is 3.62. The van der Waals surface area contributed by atoms with Gasteiger partial charge in [-0.25, -0.2) is 4.98 Å². The molecule has 0 aliphatic rings. The largest absolute Gasteiger partial charge is 0.495 e. The fourth-order valence-electron chi connectivity index (χ4n) is 3.62. The van der Waals surface area contributed by atoms with Gasteiger partial charge in [-0.15, -0.1) is 0 Å². The van der Waals surface area contributed by atoms with Gasteiger partial charge in [0.25, 0.3) is 11.1 Å². The molecule has 154 valence electrons. The number of para-hydroxylation sites is 2. The minimum Gasteiger partial charge on any atom is -0.495 e. The van der Waals surface area contributed by atoms with Gasteiger partial charge in [-0.3, -0.25) is 14.2 Å². The predicted octanol–water partition coefficient (Wildman–Crippen LogP) is 2.66. The second-order valence-electron chi connectivity index (χ2n) is 7.49. The van der Waals surface area contributed by atoms with Crippen LogP contribution in [0.4, 0.5) is 0 Å². The Morgan fingerprint density at radius 1 is 0.967 bits per heavy atom. The zero-order valence-corrected chi connectivity index (χ0v) is 17.3. The van der Waals surface area contributed by atoms with Crippen LogP contribution >= 0.6 is 0 Å². The predicted molar refractivity (Wildman–Crippen MR) is 119 cm³/mol. The van der Waals surface area contributed by atoms with E-state index in [0.717, 1.165) is 13.0 Å². The number of hydrogen-bond acceptors (Lipinski definition) is 5. The molecule has 30 heavy (non-hydrogen) atoms. The molecule has 3 heterocycles. The molecule has 0 saturated heterocycles. The second-order valence-corrected chi connectivity index (χ2v) is 7.49. The molecule has 7 nitrogen and oxygen atoms in total. The number of hydrogen-bond donors (Lipinski definition) is 0. The van der Waals surface area contributed by atoms with Crippen LogP contribution in [0.3, 0.4) is 0 Å². The van der Waals surface area contributed by atoms with Gasteiger partial charge in [0.2, 0.25) is 0 Å². The van der Waals surface area contributed by atoms with E-state index in [1.165, 1.54) is 4.57 Å². The average molecular weight is 404 g/mol. The fraction of sp³-hybridized carbons (Fsp3) is 0.261. The molecular weight excluding hydrogens is 380 g/mol. The Morgan fingerprint density at radius 2 is 1.67 bits per heavy atom. The van der Waals surface area contributed by atoms with Crippen LogP contribution in [0.25, 0.3) is 27.5 Å². The first-order chi connectivity index (χ1) is 14.5. The Hall–Kier alpha value is -3.45. The van der Waals surface area contributed by atoms with Gasteiger partial charge in [0.05, 0.1) is 34.6 Å². The summed E-state index contributed by atoms with van der Waals surface area (Å²) in [4.78, 5) is 32.9. The lowest BCUT2D eigenvalue weighted by molar-refractivity contribution is 0.385. The Labute approximate surface area is 173 Å². The molecule has 0 spiro atoms. The number of nitrogens with zero attached hydrogens (tertiary/aromatic N) is 4. The topological polar surface area (TPSA) is 69.4 Å². The van der Waals surface area contributed by atoms with Crippen LogP contribution in [0, 0.1) is 0 Å². The molecule has 0 saturated carbocycles. The summed E-state index contributed by atoms with van der Waals surface area (Å²) in [7, 11) is 5.58. The van der Waals surface area contributed by atoms with E-state index in [0.29, 0.717) is 39.8 Å². The van der Waals surface area contributed by atoms with E-state index >= 15 is 0 Å². The molecule has 0 amide bonds. The number of fused-ring (bicyclic) bond motifs is 2. The quantitative estimate of drug-likeness (QED) is 0.462. The van der Waals surface area contributed by atoms with E-state index in [-0.39, 0.29) is 11.1 Å². The molecule has 0 aliphatic heterocycles. The van der Waals surface area contributed by atoms with Crippen molar-refractivity contribution >= 4 is 21.8 Å². The van der Waals surface area contributed by atoms with Crippen molar-refractivity contribution in [3.8, 4) is 11.4 Å². The number of aryl methyl sites for hydroxylation is 1. The van der Waals surface area contributed by atoms with E-state index in [9.17, 15) is 9.59 Å². The molecule has 1 aromatic carbocycles. The molecule has 3 aromatic heterocycles. The summed E-state index contributed by atoms with van der Waals surface area (Å²) in [5, 5.41) is 0.851. The summed E-state index contributed by atoms with van der Waals surface area (Å²) < 4.78 is 8.60. The SMILES string of the molecule is COc1ccccc1-n1ccc2nc3ccn(CCCN(C)C)c(=O)c3cc2c1=O. The second kappa shape index (κ2) is 8.12. The van der Waals surface area contributed by atoms with Crippen LogP contribution in [-0.4, -0.2) is 46.8 Å². The van der Waals surface area contributed by atoms with Gasteiger partial charge >= 0.3 is 0 Å². The van der Waals surface area contributed by atoms with E-state index in [2.05, 4.69) is 9.88 Å². The highest BCUT2D eigenvalue weighted by Gasteiger charge is 2.12. The van der Waals surface area contributed by atoms with E-state index < -0.39 is 0 Å². The molecule has 0 aliphatic carbocycles. The number of rotatable bonds is 6. The molecule has 0 N–H and O–H groups in total. The molecule has 7 heteroatoms. The highest BCUT2D eigenvalue weighted by Crippen LogP contribution is 2.22. The van der Waals surface area contributed by atoms with Gasteiger partial charge in [-0.05, 0) is 57.4 Å². The zero-order valence-electron chi connectivity index (χ0n) is 17.3. The minimum absolute atomic E-state index is 0.132. The number of benzene rings is 1. The Kier molecular flexibility index (Phi) is 5.37. The summed E-state index contributed by atoms with van der Waals surface area (Å²) >= 11 is 0. The van der Waals surface area contributed by atoms with Crippen LogP contribution in [-0.2, 0) is 6.54 Å². The molecule has 4 rings (SSSR count). The smallest absolute Gasteiger partial charge is 0.264 e. The molecule has 0 radical (unpaired) electrons. The van der Waals surface area contributed by atoms with Crippen LogP contribution in [0.1, 0.15) is 6.42 Å². The molecule has 0 bridgehead atoms. The van der Waals surface area contributed by atoms with Crippen molar-refractivity contribution in [2.45, 2.75) is 13.0 Å². The van der Waals surface area contributed by atoms with Gasteiger partial charge in [-0.2, -0.15) is 0 Å². The van der Waals surface area contributed by atoms with Gasteiger partial charge in [-0.1, -0.05) is 12.1 Å². The lowest BCUT2D eigenvalue weighted by Gasteiger charge is -2.12. The first kappa shape index (κ1) is 19.8. The first-order valence-electron chi connectivity index (χ1n) is 9.83. The van der Waals surface area contributed by atoms with Gasteiger partial charge in [0.1, 0.15) is 5.75 Å². The maximum absolute atomic E-state index is 13.2. The zero-order chi connectivity index (χ0) is 21.3. The van der Waals surface area contributed by atoms with Crippen LogP contribution < -0.4 is 15.9 Å². The molecule has 0 unspecified atom stereocenters. The van der Waals surface area contributed by atoms with Gasteiger partial charge < -0.3 is 14.2 Å². The lowest BCUT2D eigenvalue weighted by Crippen LogP contribution is -2.23. The minimum atomic E-state index is -0.242. The van der Waals surface area contributed by atoms with Crippen molar-refractivity contribution in [1.29, 1.82) is 0 Å². The summed E-state index contributed by atoms with van der Waals surface area (Å²) in [6.07, 6.45) is 4.32. The van der Waals surface area contributed by atoms with E-state index in [4.69, 9.17) is 4.74 Å².